The molecule has 4 rings (SSSR count). The molecule has 0 saturated heterocycles. The molecule has 0 radical (unpaired) electrons. The number of benzene rings is 2. The summed E-state index contributed by atoms with van der Waals surface area (Å²) in [5.74, 6) is -0.896. The molecule has 0 atom stereocenters. The monoisotopic (exact) mass is 404 g/mol. The van der Waals surface area contributed by atoms with Crippen LogP contribution in [0.15, 0.2) is 36.4 Å². The fraction of sp³-hybridized carbons (Fsp3) is 0.333. The standard InChI is InChI=1S/C24H24N2O4/c1-15-7-9-17-19(13-15)23(29)25(21(17)27)11-5-3-4-6-12-26-22(28)18-10-8-16(2)14-20(18)24(26)30/h7-10,13-14H,3-6,11-12H2,1-2H3. The Morgan fingerprint density at radius 2 is 0.900 bits per heavy atom. The van der Waals surface area contributed by atoms with E-state index < -0.39 is 0 Å². The quantitative estimate of drug-likeness (QED) is 0.520. The minimum absolute atomic E-state index is 0.222. The Morgan fingerprint density at radius 1 is 0.533 bits per heavy atom. The number of imide groups is 2. The van der Waals surface area contributed by atoms with Crippen molar-refractivity contribution in [2.75, 3.05) is 13.1 Å². The highest BCUT2D eigenvalue weighted by Gasteiger charge is 2.36. The lowest BCUT2D eigenvalue weighted by Gasteiger charge is -2.15. The SMILES string of the molecule is Cc1ccc2c(c1)C(=O)N(CCCCCCN1C(=O)c3ccc(C)cc3C1=O)C2=O. The van der Waals surface area contributed by atoms with Crippen LogP contribution in [0.25, 0.3) is 0 Å². The van der Waals surface area contributed by atoms with Crippen LogP contribution in [0.4, 0.5) is 0 Å². The van der Waals surface area contributed by atoms with E-state index in [2.05, 4.69) is 0 Å². The largest absolute Gasteiger partial charge is 0.274 e. The molecule has 0 fully saturated rings. The van der Waals surface area contributed by atoms with Crippen LogP contribution in [0.2, 0.25) is 0 Å². The molecule has 6 heteroatoms. The molecular weight excluding hydrogens is 380 g/mol. The van der Waals surface area contributed by atoms with Crippen LogP contribution in [-0.4, -0.2) is 46.5 Å². The Hall–Kier alpha value is -3.28. The number of carbonyl (C=O) groups is 4. The number of hydrogen-bond donors (Lipinski definition) is 0. The van der Waals surface area contributed by atoms with E-state index >= 15 is 0 Å². The molecule has 2 aromatic rings. The Bertz CT molecular complexity index is 987. The number of unbranched alkanes of at least 4 members (excludes halogenated alkanes) is 3. The van der Waals surface area contributed by atoms with Gasteiger partial charge >= 0.3 is 0 Å². The Labute approximate surface area is 175 Å². The first-order chi connectivity index (χ1) is 14.4. The lowest BCUT2D eigenvalue weighted by atomic mass is 10.1. The third-order valence-corrected chi connectivity index (χ3v) is 5.77. The van der Waals surface area contributed by atoms with Crippen LogP contribution in [0.5, 0.6) is 0 Å². The van der Waals surface area contributed by atoms with E-state index in [1.807, 2.05) is 26.0 Å². The fourth-order valence-electron chi connectivity index (χ4n) is 4.11. The number of rotatable bonds is 7. The smallest absolute Gasteiger partial charge is 0.261 e. The molecule has 0 saturated carbocycles. The minimum Gasteiger partial charge on any atom is -0.274 e. The summed E-state index contributed by atoms with van der Waals surface area (Å²) < 4.78 is 0. The molecule has 0 N–H and O–H groups in total. The lowest BCUT2D eigenvalue weighted by Crippen LogP contribution is -2.31. The zero-order valence-corrected chi connectivity index (χ0v) is 17.2. The average Bonchev–Trinajstić information content (AvgIpc) is 3.09. The molecule has 0 aromatic heterocycles. The Kier molecular flexibility index (Phi) is 5.24. The van der Waals surface area contributed by atoms with Crippen molar-refractivity contribution >= 4 is 23.6 Å². The van der Waals surface area contributed by atoms with Gasteiger partial charge in [0.15, 0.2) is 0 Å². The van der Waals surface area contributed by atoms with Gasteiger partial charge in [0.2, 0.25) is 0 Å². The molecule has 2 aromatic carbocycles. The van der Waals surface area contributed by atoms with Crippen LogP contribution in [0.1, 0.15) is 78.2 Å². The van der Waals surface area contributed by atoms with Crippen LogP contribution in [0, 0.1) is 13.8 Å². The second-order valence-corrected chi connectivity index (χ2v) is 8.04. The van der Waals surface area contributed by atoms with Crippen molar-refractivity contribution in [1.29, 1.82) is 0 Å². The zero-order chi connectivity index (χ0) is 21.4. The van der Waals surface area contributed by atoms with Crippen molar-refractivity contribution in [2.45, 2.75) is 39.5 Å². The fourth-order valence-corrected chi connectivity index (χ4v) is 4.11. The highest BCUT2D eigenvalue weighted by molar-refractivity contribution is 6.22. The number of amides is 4. The van der Waals surface area contributed by atoms with Gasteiger partial charge in [-0.05, 0) is 51.0 Å². The molecule has 2 aliphatic heterocycles. The lowest BCUT2D eigenvalue weighted by molar-refractivity contribution is 0.0630. The summed E-state index contributed by atoms with van der Waals surface area (Å²) in [6.07, 6.45) is 3.03. The van der Waals surface area contributed by atoms with Gasteiger partial charge in [-0.3, -0.25) is 29.0 Å². The second-order valence-electron chi connectivity index (χ2n) is 8.04. The molecule has 2 heterocycles. The molecule has 0 aliphatic carbocycles. The van der Waals surface area contributed by atoms with Crippen LogP contribution >= 0.6 is 0 Å². The molecular formula is C24H24N2O4. The maximum atomic E-state index is 12.5. The summed E-state index contributed by atoms with van der Waals surface area (Å²) in [6, 6.07) is 10.6. The summed E-state index contributed by atoms with van der Waals surface area (Å²) in [7, 11) is 0. The third-order valence-electron chi connectivity index (χ3n) is 5.77. The Balaban J connectivity index is 1.23. The number of carbonyl (C=O) groups excluding carboxylic acids is 4. The van der Waals surface area contributed by atoms with Gasteiger partial charge in [-0.15, -0.1) is 0 Å². The van der Waals surface area contributed by atoms with Crippen molar-refractivity contribution in [2.24, 2.45) is 0 Å². The zero-order valence-electron chi connectivity index (χ0n) is 17.2. The maximum Gasteiger partial charge on any atom is 0.261 e. The van der Waals surface area contributed by atoms with Crippen molar-refractivity contribution in [3.05, 3.63) is 69.8 Å². The second kappa shape index (κ2) is 7.86. The summed E-state index contributed by atoms with van der Waals surface area (Å²) in [5.41, 5.74) is 3.85. The van der Waals surface area contributed by atoms with Crippen LogP contribution in [-0.2, 0) is 0 Å². The van der Waals surface area contributed by atoms with Gasteiger partial charge < -0.3 is 0 Å². The molecule has 154 valence electrons. The first-order valence-electron chi connectivity index (χ1n) is 10.3. The summed E-state index contributed by atoms with van der Waals surface area (Å²) in [5, 5.41) is 0. The van der Waals surface area contributed by atoms with Crippen molar-refractivity contribution in [3.63, 3.8) is 0 Å². The van der Waals surface area contributed by atoms with Crippen LogP contribution in [0.3, 0.4) is 0 Å². The molecule has 0 unspecified atom stereocenters. The maximum absolute atomic E-state index is 12.5. The normalized spacial score (nSPS) is 15.3. The van der Waals surface area contributed by atoms with Gasteiger partial charge in [0.05, 0.1) is 22.3 Å². The average molecular weight is 404 g/mol. The van der Waals surface area contributed by atoms with E-state index in [1.54, 1.807) is 24.3 Å². The van der Waals surface area contributed by atoms with Gasteiger partial charge in [-0.25, -0.2) is 0 Å². The number of fused-ring (bicyclic) bond motifs is 2. The summed E-state index contributed by atoms with van der Waals surface area (Å²) >= 11 is 0. The summed E-state index contributed by atoms with van der Waals surface area (Å²) in [4.78, 5) is 52.5. The topological polar surface area (TPSA) is 74.8 Å². The number of hydrogen-bond acceptors (Lipinski definition) is 4. The van der Waals surface area contributed by atoms with Gasteiger partial charge in [0.25, 0.3) is 23.6 Å². The number of aryl methyl sites for hydroxylation is 2. The van der Waals surface area contributed by atoms with E-state index in [-0.39, 0.29) is 23.6 Å². The van der Waals surface area contributed by atoms with Crippen molar-refractivity contribution in [3.8, 4) is 0 Å². The van der Waals surface area contributed by atoms with E-state index in [4.69, 9.17) is 0 Å². The van der Waals surface area contributed by atoms with Gasteiger partial charge in [0.1, 0.15) is 0 Å². The molecule has 6 nitrogen and oxygen atoms in total. The molecule has 30 heavy (non-hydrogen) atoms. The Morgan fingerprint density at radius 3 is 1.30 bits per heavy atom. The molecule has 4 amide bonds. The molecule has 0 bridgehead atoms. The van der Waals surface area contributed by atoms with E-state index in [9.17, 15) is 19.2 Å². The van der Waals surface area contributed by atoms with Gasteiger partial charge in [-0.2, -0.15) is 0 Å². The van der Waals surface area contributed by atoms with E-state index in [1.165, 1.54) is 9.80 Å². The first-order valence-corrected chi connectivity index (χ1v) is 10.3. The van der Waals surface area contributed by atoms with Crippen molar-refractivity contribution in [1.82, 2.24) is 9.80 Å². The minimum atomic E-state index is -0.226. The van der Waals surface area contributed by atoms with Crippen LogP contribution < -0.4 is 0 Å². The predicted octanol–water partition coefficient (Wildman–Crippen LogP) is 3.76. The molecule has 2 aliphatic rings. The predicted molar refractivity (Wildman–Crippen MR) is 112 cm³/mol. The van der Waals surface area contributed by atoms with E-state index in [0.717, 1.165) is 24.0 Å². The third kappa shape index (κ3) is 3.43. The van der Waals surface area contributed by atoms with Gasteiger partial charge in [-0.1, -0.05) is 36.1 Å². The van der Waals surface area contributed by atoms with Crippen molar-refractivity contribution < 1.29 is 19.2 Å². The highest BCUT2D eigenvalue weighted by atomic mass is 16.2. The van der Waals surface area contributed by atoms with E-state index in [0.29, 0.717) is 48.2 Å². The number of nitrogens with zero attached hydrogens (tertiary/aromatic N) is 2. The summed E-state index contributed by atoms with van der Waals surface area (Å²) in [6.45, 7) is 4.57. The van der Waals surface area contributed by atoms with Gasteiger partial charge in [0, 0.05) is 13.1 Å². The molecule has 0 spiro atoms. The first kappa shape index (κ1) is 20.0. The highest BCUT2D eigenvalue weighted by Crippen LogP contribution is 2.26.